The third-order valence-electron chi connectivity index (χ3n) is 4.64. The molecule has 1 saturated heterocycles. The summed E-state index contributed by atoms with van der Waals surface area (Å²) >= 11 is 0. The molecule has 9 nitrogen and oxygen atoms in total. The highest BCUT2D eigenvalue weighted by Gasteiger charge is 2.32. The lowest BCUT2D eigenvalue weighted by molar-refractivity contribution is -0.881. The Balaban J connectivity index is 1.49. The van der Waals surface area contributed by atoms with Crippen LogP contribution in [-0.2, 0) is 4.79 Å². The molecule has 1 fully saturated rings. The van der Waals surface area contributed by atoms with Gasteiger partial charge in [0.2, 0.25) is 5.82 Å². The van der Waals surface area contributed by atoms with Crippen LogP contribution in [0.15, 0.2) is 29.0 Å². The number of pyridine rings is 1. The van der Waals surface area contributed by atoms with Crippen molar-refractivity contribution in [3.63, 3.8) is 0 Å². The molecule has 1 N–H and O–H groups in total. The summed E-state index contributed by atoms with van der Waals surface area (Å²) < 4.78 is 5.72. The number of nitrogens with one attached hydrogen (secondary N) is 1. The van der Waals surface area contributed by atoms with Crippen LogP contribution < -0.4 is 5.32 Å². The van der Waals surface area contributed by atoms with Crippen molar-refractivity contribution in [2.75, 3.05) is 45.6 Å². The molecule has 0 saturated carbocycles. The van der Waals surface area contributed by atoms with Crippen molar-refractivity contribution < 1.29 is 13.8 Å². The second-order valence-electron chi connectivity index (χ2n) is 7.28. The second-order valence-corrected chi connectivity index (χ2v) is 7.28. The van der Waals surface area contributed by atoms with Gasteiger partial charge in [0.25, 0.3) is 5.91 Å². The van der Waals surface area contributed by atoms with Gasteiger partial charge in [-0.3, -0.25) is 9.78 Å². The average molecular weight is 370 g/mol. The van der Waals surface area contributed by atoms with E-state index >= 15 is 0 Å². The molecule has 0 radical (unpaired) electrons. The van der Waals surface area contributed by atoms with Gasteiger partial charge in [0.15, 0.2) is 6.54 Å². The molecular formula is C18H24N7O2+. The number of anilines is 1. The molecule has 0 spiro atoms. The lowest BCUT2D eigenvalue weighted by Crippen LogP contribution is -2.51. The first-order valence-electron chi connectivity index (χ1n) is 8.97. The fourth-order valence-electron chi connectivity index (χ4n) is 3.11. The summed E-state index contributed by atoms with van der Waals surface area (Å²) in [6, 6.07) is 5.91. The molecule has 0 aliphatic carbocycles. The molecular weight excluding hydrogens is 346 g/mol. The van der Waals surface area contributed by atoms with Crippen LogP contribution >= 0.6 is 0 Å². The normalized spacial score (nSPS) is 16.9. The second kappa shape index (κ2) is 8.14. The van der Waals surface area contributed by atoms with Crippen LogP contribution in [0.2, 0.25) is 0 Å². The van der Waals surface area contributed by atoms with Gasteiger partial charge in [-0.15, -0.1) is 0 Å². The number of quaternary nitrogens is 1. The minimum absolute atomic E-state index is 0.0295. The fraction of sp³-hybridized carbons (Fsp3) is 0.500. The third kappa shape index (κ3) is 4.80. The molecule has 3 rings (SSSR count). The Bertz CT molecular complexity index is 813. The number of amides is 1. The molecule has 3 heterocycles. The largest absolute Gasteiger partial charge is 0.332 e. The number of likely N-dealkylation sites (tertiary alicyclic amines) is 1. The van der Waals surface area contributed by atoms with Crippen molar-refractivity contribution in [2.45, 2.75) is 18.9 Å². The number of hydrogen-bond acceptors (Lipinski definition) is 7. The molecule has 1 unspecified atom stereocenters. The predicted octanol–water partition coefficient (Wildman–Crippen LogP) is 1.13. The highest BCUT2D eigenvalue weighted by molar-refractivity contribution is 5.78. The van der Waals surface area contributed by atoms with Gasteiger partial charge in [-0.2, -0.15) is 10.2 Å². The Morgan fingerprint density at radius 3 is 2.96 bits per heavy atom. The van der Waals surface area contributed by atoms with E-state index in [0.29, 0.717) is 42.5 Å². The number of carbonyl (C=O) groups is 1. The van der Waals surface area contributed by atoms with Crippen LogP contribution in [0.3, 0.4) is 0 Å². The molecule has 0 bridgehead atoms. The summed E-state index contributed by atoms with van der Waals surface area (Å²) in [6.45, 7) is 2.31. The van der Waals surface area contributed by atoms with Crippen molar-refractivity contribution in [3.05, 3.63) is 24.5 Å². The molecule has 0 aromatic carbocycles. The summed E-state index contributed by atoms with van der Waals surface area (Å²) in [7, 11) is 3.99. The Hall–Kier alpha value is -2.99. The number of nitrogens with zero attached hydrogens (tertiary/aromatic N) is 6. The van der Waals surface area contributed by atoms with Gasteiger partial charge in [0.05, 0.1) is 33.3 Å². The molecule has 27 heavy (non-hydrogen) atoms. The molecule has 2 aromatic rings. The van der Waals surface area contributed by atoms with Gasteiger partial charge < -0.3 is 19.2 Å². The molecule has 2 aromatic heterocycles. The van der Waals surface area contributed by atoms with E-state index in [9.17, 15) is 4.79 Å². The highest BCUT2D eigenvalue weighted by Crippen LogP contribution is 2.18. The van der Waals surface area contributed by atoms with E-state index < -0.39 is 0 Å². The quantitative estimate of drug-likeness (QED) is 0.728. The molecule has 1 atom stereocenters. The summed E-state index contributed by atoms with van der Waals surface area (Å²) in [5, 5.41) is 16.2. The maximum atomic E-state index is 12.5. The van der Waals surface area contributed by atoms with E-state index in [1.54, 1.807) is 17.3 Å². The maximum absolute atomic E-state index is 12.5. The number of hydrogen-bond donors (Lipinski definition) is 1. The smallest absolute Gasteiger partial charge is 0.322 e. The van der Waals surface area contributed by atoms with Crippen molar-refractivity contribution in [1.29, 1.82) is 5.26 Å². The predicted molar refractivity (Wildman–Crippen MR) is 98.2 cm³/mol. The summed E-state index contributed by atoms with van der Waals surface area (Å²) in [5.41, 5.74) is 0.834. The first-order valence-corrected chi connectivity index (χ1v) is 8.97. The first kappa shape index (κ1) is 18.8. The minimum Gasteiger partial charge on any atom is -0.332 e. The number of nitriles is 1. The Morgan fingerprint density at radius 2 is 2.22 bits per heavy atom. The van der Waals surface area contributed by atoms with Gasteiger partial charge in [0.1, 0.15) is 6.04 Å². The zero-order valence-corrected chi connectivity index (χ0v) is 15.6. The SMILES string of the molecule is C[N+](C)(CCNc1nc(-c2ccncc2)no1)CC(=O)N1CCCC1C#N. The Morgan fingerprint density at radius 1 is 1.44 bits per heavy atom. The van der Waals surface area contributed by atoms with Gasteiger partial charge >= 0.3 is 6.01 Å². The molecule has 142 valence electrons. The highest BCUT2D eigenvalue weighted by atomic mass is 16.5. The molecule has 1 aliphatic rings. The summed E-state index contributed by atoms with van der Waals surface area (Å²) in [6.07, 6.45) is 5.02. The van der Waals surface area contributed by atoms with Crippen molar-refractivity contribution in [1.82, 2.24) is 20.0 Å². The van der Waals surface area contributed by atoms with Crippen LogP contribution in [0.4, 0.5) is 6.01 Å². The first-order chi connectivity index (χ1) is 13.0. The Kier molecular flexibility index (Phi) is 5.66. The minimum atomic E-state index is -0.277. The van der Waals surface area contributed by atoms with Gasteiger partial charge in [-0.05, 0) is 25.0 Å². The molecule has 1 aliphatic heterocycles. The van der Waals surface area contributed by atoms with E-state index in [0.717, 1.165) is 18.4 Å². The monoisotopic (exact) mass is 370 g/mol. The van der Waals surface area contributed by atoms with Crippen LogP contribution in [0, 0.1) is 11.3 Å². The number of carbonyl (C=O) groups excluding carboxylic acids is 1. The topological polar surface area (TPSA) is 108 Å². The zero-order chi connectivity index (χ0) is 19.3. The lowest BCUT2D eigenvalue weighted by Gasteiger charge is -2.31. The van der Waals surface area contributed by atoms with Gasteiger partial charge in [0, 0.05) is 24.5 Å². The van der Waals surface area contributed by atoms with Gasteiger partial charge in [-0.1, -0.05) is 5.16 Å². The maximum Gasteiger partial charge on any atom is 0.322 e. The summed E-state index contributed by atoms with van der Waals surface area (Å²) in [5.74, 6) is 0.530. The average Bonchev–Trinajstić information content (AvgIpc) is 3.31. The van der Waals surface area contributed by atoms with E-state index in [2.05, 4.69) is 26.5 Å². The molecule has 1 amide bonds. The van der Waals surface area contributed by atoms with E-state index in [1.807, 2.05) is 26.2 Å². The van der Waals surface area contributed by atoms with Crippen LogP contribution in [0.5, 0.6) is 0 Å². The number of rotatable bonds is 7. The van der Waals surface area contributed by atoms with Crippen LogP contribution in [0.1, 0.15) is 12.8 Å². The van der Waals surface area contributed by atoms with Crippen LogP contribution in [-0.4, -0.2) is 76.7 Å². The molecule has 9 heteroatoms. The van der Waals surface area contributed by atoms with Crippen molar-refractivity contribution in [3.8, 4) is 17.5 Å². The number of aromatic nitrogens is 3. The fourth-order valence-corrected chi connectivity index (χ4v) is 3.11. The zero-order valence-electron chi connectivity index (χ0n) is 15.6. The van der Waals surface area contributed by atoms with Crippen molar-refractivity contribution in [2.24, 2.45) is 0 Å². The van der Waals surface area contributed by atoms with E-state index in [-0.39, 0.29) is 11.9 Å². The van der Waals surface area contributed by atoms with Gasteiger partial charge in [-0.25, -0.2) is 0 Å². The summed E-state index contributed by atoms with van der Waals surface area (Å²) in [4.78, 5) is 22.5. The van der Waals surface area contributed by atoms with E-state index in [4.69, 9.17) is 9.78 Å². The van der Waals surface area contributed by atoms with Crippen LogP contribution in [0.25, 0.3) is 11.4 Å². The third-order valence-corrected chi connectivity index (χ3v) is 4.64. The number of likely N-dealkylation sites (N-methyl/N-ethyl adjacent to an activating group) is 1. The lowest BCUT2D eigenvalue weighted by atomic mass is 10.2. The Labute approximate surface area is 158 Å². The standard InChI is InChI=1S/C18H24N7O2/c1-25(2,13-16(26)24-10-3-4-15(24)12-19)11-9-21-18-22-17(23-27-18)14-5-7-20-8-6-14/h5-8,15H,3-4,9-11,13H2,1-2H3,(H,21,22,23)/q+1. The van der Waals surface area contributed by atoms with Crippen molar-refractivity contribution >= 4 is 11.9 Å². The van der Waals surface area contributed by atoms with E-state index in [1.165, 1.54) is 0 Å².